The van der Waals surface area contributed by atoms with Crippen molar-refractivity contribution in [3.05, 3.63) is 35.5 Å². The summed E-state index contributed by atoms with van der Waals surface area (Å²) in [5.74, 6) is 0.785. The number of fused-ring (bicyclic) bond motifs is 1. The third-order valence-corrected chi connectivity index (χ3v) is 2.97. The SMILES string of the molecule is CCCNCCOc1ccc(Cl)c2cccnc12. The molecule has 4 heteroatoms. The number of nitrogens with zero attached hydrogens (tertiary/aromatic N) is 1. The predicted octanol–water partition coefficient (Wildman–Crippen LogP) is 3.27. The van der Waals surface area contributed by atoms with Crippen LogP contribution in [0.5, 0.6) is 5.75 Å². The second-order valence-corrected chi connectivity index (χ2v) is 4.45. The number of halogens is 1. The molecule has 0 amide bonds. The average Bonchev–Trinajstić information content (AvgIpc) is 2.41. The summed E-state index contributed by atoms with van der Waals surface area (Å²) in [6.45, 7) is 4.63. The van der Waals surface area contributed by atoms with Crippen molar-refractivity contribution in [1.29, 1.82) is 0 Å². The van der Waals surface area contributed by atoms with Gasteiger partial charge in [-0.05, 0) is 37.2 Å². The molecule has 1 aromatic heterocycles. The number of nitrogens with one attached hydrogen (secondary N) is 1. The first kappa shape index (κ1) is 13.1. The third-order valence-electron chi connectivity index (χ3n) is 2.64. The van der Waals surface area contributed by atoms with Crippen molar-refractivity contribution in [3.63, 3.8) is 0 Å². The highest BCUT2D eigenvalue weighted by Crippen LogP contribution is 2.29. The second kappa shape index (κ2) is 6.57. The van der Waals surface area contributed by atoms with Gasteiger partial charge in [0.15, 0.2) is 0 Å². The Morgan fingerprint density at radius 2 is 2.17 bits per heavy atom. The van der Waals surface area contributed by atoms with E-state index in [2.05, 4.69) is 17.2 Å². The monoisotopic (exact) mass is 264 g/mol. The summed E-state index contributed by atoms with van der Waals surface area (Å²) in [5, 5.41) is 4.93. The summed E-state index contributed by atoms with van der Waals surface area (Å²) in [7, 11) is 0. The van der Waals surface area contributed by atoms with Gasteiger partial charge in [0.2, 0.25) is 0 Å². The zero-order chi connectivity index (χ0) is 12.8. The standard InChI is InChI=1S/C14H17ClN2O/c1-2-7-16-9-10-18-13-6-5-12(15)11-4-3-8-17-14(11)13/h3-6,8,16H,2,7,9-10H2,1H3. The number of hydrogen-bond acceptors (Lipinski definition) is 3. The zero-order valence-electron chi connectivity index (χ0n) is 10.4. The molecule has 1 heterocycles. The lowest BCUT2D eigenvalue weighted by Gasteiger charge is -2.09. The number of ether oxygens (including phenoxy) is 1. The summed E-state index contributed by atoms with van der Waals surface area (Å²) in [6.07, 6.45) is 2.88. The van der Waals surface area contributed by atoms with E-state index in [-0.39, 0.29) is 0 Å². The van der Waals surface area contributed by atoms with Crippen molar-refractivity contribution in [2.75, 3.05) is 19.7 Å². The molecular weight excluding hydrogens is 248 g/mol. The molecule has 0 bridgehead atoms. The quantitative estimate of drug-likeness (QED) is 0.813. The lowest BCUT2D eigenvalue weighted by atomic mass is 10.2. The molecule has 0 fully saturated rings. The second-order valence-electron chi connectivity index (χ2n) is 4.04. The van der Waals surface area contributed by atoms with Gasteiger partial charge in [0.25, 0.3) is 0 Å². The molecule has 0 aliphatic rings. The highest BCUT2D eigenvalue weighted by Gasteiger charge is 2.06. The maximum Gasteiger partial charge on any atom is 0.145 e. The minimum atomic E-state index is 0.632. The molecular formula is C14H17ClN2O. The maximum atomic E-state index is 6.12. The topological polar surface area (TPSA) is 34.1 Å². The molecule has 1 N–H and O–H groups in total. The van der Waals surface area contributed by atoms with E-state index in [0.717, 1.165) is 36.2 Å². The largest absolute Gasteiger partial charge is 0.490 e. The molecule has 0 radical (unpaired) electrons. The Balaban J connectivity index is 2.07. The van der Waals surface area contributed by atoms with Gasteiger partial charge in [-0.1, -0.05) is 18.5 Å². The van der Waals surface area contributed by atoms with E-state index < -0.39 is 0 Å². The van der Waals surface area contributed by atoms with E-state index in [0.29, 0.717) is 11.6 Å². The highest BCUT2D eigenvalue weighted by molar-refractivity contribution is 6.35. The lowest BCUT2D eigenvalue weighted by Crippen LogP contribution is -2.21. The first-order chi connectivity index (χ1) is 8.83. The molecule has 2 aromatic rings. The average molecular weight is 265 g/mol. The lowest BCUT2D eigenvalue weighted by molar-refractivity contribution is 0.317. The number of aromatic nitrogens is 1. The van der Waals surface area contributed by atoms with E-state index in [1.165, 1.54) is 0 Å². The van der Waals surface area contributed by atoms with Crippen LogP contribution in [-0.4, -0.2) is 24.7 Å². The van der Waals surface area contributed by atoms with Gasteiger partial charge in [0.1, 0.15) is 17.9 Å². The Hall–Kier alpha value is -1.32. The van der Waals surface area contributed by atoms with Crippen LogP contribution in [0.15, 0.2) is 30.5 Å². The fourth-order valence-electron chi connectivity index (χ4n) is 1.76. The summed E-state index contributed by atoms with van der Waals surface area (Å²) < 4.78 is 5.74. The van der Waals surface area contributed by atoms with Crippen LogP contribution < -0.4 is 10.1 Å². The third kappa shape index (κ3) is 3.12. The van der Waals surface area contributed by atoms with Gasteiger partial charge in [-0.15, -0.1) is 0 Å². The van der Waals surface area contributed by atoms with Gasteiger partial charge in [-0.25, -0.2) is 0 Å². The van der Waals surface area contributed by atoms with Gasteiger partial charge >= 0.3 is 0 Å². The Bertz CT molecular complexity index is 516. The van der Waals surface area contributed by atoms with Gasteiger partial charge in [0, 0.05) is 18.1 Å². The summed E-state index contributed by atoms with van der Waals surface area (Å²) >= 11 is 6.12. The number of pyridine rings is 1. The molecule has 0 saturated heterocycles. The van der Waals surface area contributed by atoms with Crippen LogP contribution >= 0.6 is 11.6 Å². The molecule has 96 valence electrons. The van der Waals surface area contributed by atoms with E-state index in [1.54, 1.807) is 6.20 Å². The van der Waals surface area contributed by atoms with Gasteiger partial charge < -0.3 is 10.1 Å². The van der Waals surface area contributed by atoms with Crippen LogP contribution in [0.25, 0.3) is 10.9 Å². The maximum absolute atomic E-state index is 6.12. The molecule has 18 heavy (non-hydrogen) atoms. The molecule has 0 atom stereocenters. The van der Waals surface area contributed by atoms with Crippen molar-refractivity contribution in [3.8, 4) is 5.75 Å². The fraction of sp³-hybridized carbons (Fsp3) is 0.357. The number of benzene rings is 1. The normalized spacial score (nSPS) is 10.8. The number of hydrogen-bond donors (Lipinski definition) is 1. The summed E-state index contributed by atoms with van der Waals surface area (Å²) in [5.41, 5.74) is 0.820. The van der Waals surface area contributed by atoms with Crippen LogP contribution in [0.2, 0.25) is 5.02 Å². The van der Waals surface area contributed by atoms with Crippen molar-refractivity contribution < 1.29 is 4.74 Å². The molecule has 0 aliphatic carbocycles. The predicted molar refractivity (Wildman–Crippen MR) is 75.4 cm³/mol. The molecule has 2 rings (SSSR count). The van der Waals surface area contributed by atoms with Crippen LogP contribution in [0.4, 0.5) is 0 Å². The summed E-state index contributed by atoms with van der Waals surface area (Å²) in [6, 6.07) is 7.55. The first-order valence-electron chi connectivity index (χ1n) is 6.19. The molecule has 0 unspecified atom stereocenters. The molecule has 0 aliphatic heterocycles. The molecule has 1 aromatic carbocycles. The molecule has 0 saturated carbocycles. The Morgan fingerprint density at radius 1 is 1.28 bits per heavy atom. The molecule has 3 nitrogen and oxygen atoms in total. The Labute approximate surface area is 112 Å². The minimum absolute atomic E-state index is 0.632. The zero-order valence-corrected chi connectivity index (χ0v) is 11.2. The van der Waals surface area contributed by atoms with Gasteiger partial charge in [-0.3, -0.25) is 4.98 Å². The summed E-state index contributed by atoms with van der Waals surface area (Å²) in [4.78, 5) is 4.33. The number of rotatable bonds is 6. The van der Waals surface area contributed by atoms with Crippen LogP contribution in [0.1, 0.15) is 13.3 Å². The van der Waals surface area contributed by atoms with Crippen molar-refractivity contribution in [2.24, 2.45) is 0 Å². The van der Waals surface area contributed by atoms with Crippen molar-refractivity contribution in [1.82, 2.24) is 10.3 Å². The smallest absolute Gasteiger partial charge is 0.145 e. The van der Waals surface area contributed by atoms with Crippen molar-refractivity contribution >= 4 is 22.5 Å². The van der Waals surface area contributed by atoms with E-state index in [4.69, 9.17) is 16.3 Å². The van der Waals surface area contributed by atoms with E-state index >= 15 is 0 Å². The van der Waals surface area contributed by atoms with E-state index in [9.17, 15) is 0 Å². The Kier molecular flexibility index (Phi) is 4.79. The van der Waals surface area contributed by atoms with E-state index in [1.807, 2.05) is 24.3 Å². The minimum Gasteiger partial charge on any atom is -0.490 e. The van der Waals surface area contributed by atoms with Gasteiger partial charge in [0.05, 0.1) is 5.02 Å². The highest BCUT2D eigenvalue weighted by atomic mass is 35.5. The van der Waals surface area contributed by atoms with Crippen LogP contribution in [0, 0.1) is 0 Å². The van der Waals surface area contributed by atoms with Crippen LogP contribution in [-0.2, 0) is 0 Å². The van der Waals surface area contributed by atoms with Gasteiger partial charge in [-0.2, -0.15) is 0 Å². The first-order valence-corrected chi connectivity index (χ1v) is 6.57. The fourth-order valence-corrected chi connectivity index (χ4v) is 1.98. The van der Waals surface area contributed by atoms with Crippen molar-refractivity contribution in [2.45, 2.75) is 13.3 Å². The van der Waals surface area contributed by atoms with Crippen LogP contribution in [0.3, 0.4) is 0 Å². The Morgan fingerprint density at radius 3 is 3.00 bits per heavy atom. The molecule has 0 spiro atoms.